The van der Waals surface area contributed by atoms with Crippen LogP contribution in [0.25, 0.3) is 10.9 Å². The first-order valence-corrected chi connectivity index (χ1v) is 9.70. The molecule has 28 heavy (non-hydrogen) atoms. The normalized spacial score (nSPS) is 12.8. The maximum absolute atomic E-state index is 11.8. The van der Waals surface area contributed by atoms with Crippen LogP contribution in [0.5, 0.6) is 5.75 Å². The van der Waals surface area contributed by atoms with E-state index < -0.39 is 5.97 Å². The average Bonchev–Trinajstić information content (AvgIpc) is 2.71. The molecule has 0 fully saturated rings. The Morgan fingerprint density at radius 1 is 1.14 bits per heavy atom. The molecule has 5 nitrogen and oxygen atoms in total. The summed E-state index contributed by atoms with van der Waals surface area (Å²) in [6, 6.07) is 11.7. The number of hydrogen-bond donors (Lipinski definition) is 3. The molecule has 3 N–H and O–H groups in total. The van der Waals surface area contributed by atoms with E-state index in [1.165, 1.54) is 5.56 Å². The Morgan fingerprint density at radius 2 is 1.86 bits per heavy atom. The third kappa shape index (κ3) is 3.71. The lowest BCUT2D eigenvalue weighted by Gasteiger charge is -2.20. The van der Waals surface area contributed by atoms with Crippen molar-refractivity contribution in [1.29, 1.82) is 0 Å². The molecule has 1 aromatic heterocycles. The first-order valence-electron chi connectivity index (χ1n) is 9.70. The van der Waals surface area contributed by atoms with Crippen molar-refractivity contribution in [2.75, 3.05) is 6.54 Å². The van der Waals surface area contributed by atoms with Crippen molar-refractivity contribution in [3.8, 4) is 5.75 Å². The van der Waals surface area contributed by atoms with Gasteiger partial charge in [0.2, 0.25) is 0 Å². The number of aromatic nitrogens is 1. The Hall–Kier alpha value is -2.92. The molecule has 0 amide bonds. The topological polar surface area (TPSA) is 82.5 Å². The van der Waals surface area contributed by atoms with Gasteiger partial charge in [-0.25, -0.2) is 9.78 Å². The van der Waals surface area contributed by atoms with Crippen LogP contribution in [-0.4, -0.2) is 27.7 Å². The van der Waals surface area contributed by atoms with Gasteiger partial charge in [-0.3, -0.25) is 0 Å². The fourth-order valence-electron chi connectivity index (χ4n) is 3.57. The number of aromatic hydroxyl groups is 1. The number of aromatic carboxylic acids is 1. The van der Waals surface area contributed by atoms with E-state index in [4.69, 9.17) is 4.98 Å². The molecule has 1 aliphatic heterocycles. The minimum absolute atomic E-state index is 0.0644. The highest BCUT2D eigenvalue weighted by Crippen LogP contribution is 2.34. The number of pyridine rings is 1. The molecular formula is C23H26N2O3. The van der Waals surface area contributed by atoms with E-state index >= 15 is 0 Å². The molecule has 0 bridgehead atoms. The zero-order chi connectivity index (χ0) is 20.3. The number of rotatable bonds is 3. The summed E-state index contributed by atoms with van der Waals surface area (Å²) < 4.78 is 0. The van der Waals surface area contributed by atoms with Gasteiger partial charge in [-0.2, -0.15) is 0 Å². The molecule has 2 heterocycles. The van der Waals surface area contributed by atoms with Crippen LogP contribution in [0, 0.1) is 6.92 Å². The van der Waals surface area contributed by atoms with Gasteiger partial charge in [-0.15, -0.1) is 0 Å². The monoisotopic (exact) mass is 378 g/mol. The van der Waals surface area contributed by atoms with Gasteiger partial charge in [0.25, 0.3) is 0 Å². The maximum Gasteiger partial charge on any atom is 0.340 e. The summed E-state index contributed by atoms with van der Waals surface area (Å²) in [6.45, 7) is 7.57. The van der Waals surface area contributed by atoms with Crippen molar-refractivity contribution in [1.82, 2.24) is 10.3 Å². The van der Waals surface area contributed by atoms with E-state index in [0.717, 1.165) is 29.7 Å². The fraction of sp³-hybridized carbons (Fsp3) is 0.304. The highest BCUT2D eigenvalue weighted by atomic mass is 16.4. The summed E-state index contributed by atoms with van der Waals surface area (Å²) in [4.78, 5) is 16.5. The zero-order valence-electron chi connectivity index (χ0n) is 16.5. The summed E-state index contributed by atoms with van der Waals surface area (Å²) in [5.74, 6) is -1.38. The van der Waals surface area contributed by atoms with Crippen LogP contribution >= 0.6 is 0 Å². The third-order valence-corrected chi connectivity index (χ3v) is 4.98. The van der Waals surface area contributed by atoms with Gasteiger partial charge in [0.05, 0.1) is 11.2 Å². The summed E-state index contributed by atoms with van der Waals surface area (Å²) in [7, 11) is 0. The molecule has 3 aromatic rings. The Balaban J connectivity index is 0.00000109. The van der Waals surface area contributed by atoms with Crippen LogP contribution in [0.2, 0.25) is 0 Å². The fourth-order valence-corrected chi connectivity index (χ4v) is 3.57. The highest BCUT2D eigenvalue weighted by molar-refractivity contribution is 6.06. The predicted molar refractivity (Wildman–Crippen MR) is 111 cm³/mol. The summed E-state index contributed by atoms with van der Waals surface area (Å²) >= 11 is 0. The van der Waals surface area contributed by atoms with E-state index in [9.17, 15) is 15.0 Å². The van der Waals surface area contributed by atoms with Gasteiger partial charge in [0, 0.05) is 18.4 Å². The number of nitrogens with one attached hydrogen (secondary N) is 1. The van der Waals surface area contributed by atoms with Crippen molar-refractivity contribution in [2.24, 2.45) is 0 Å². The molecule has 1 aliphatic rings. The molecule has 146 valence electrons. The van der Waals surface area contributed by atoms with Gasteiger partial charge in [-0.05, 0) is 36.6 Å². The second-order valence-corrected chi connectivity index (χ2v) is 6.78. The molecule has 5 heteroatoms. The second kappa shape index (κ2) is 8.40. The number of carboxylic acid groups (broad SMARTS) is 1. The largest absolute Gasteiger partial charge is 0.505 e. The average molecular weight is 378 g/mol. The predicted octanol–water partition coefficient (Wildman–Crippen LogP) is 4.21. The van der Waals surface area contributed by atoms with Crippen molar-refractivity contribution >= 4 is 16.9 Å². The van der Waals surface area contributed by atoms with Gasteiger partial charge < -0.3 is 15.5 Å². The molecule has 0 atom stereocenters. The number of fused-ring (bicyclic) bond motifs is 3. The van der Waals surface area contributed by atoms with E-state index in [0.29, 0.717) is 29.6 Å². The van der Waals surface area contributed by atoms with Crippen molar-refractivity contribution < 1.29 is 15.0 Å². The first-order chi connectivity index (χ1) is 13.5. The molecule has 0 radical (unpaired) electrons. The van der Waals surface area contributed by atoms with Gasteiger partial charge in [0.1, 0.15) is 5.56 Å². The lowest BCUT2D eigenvalue weighted by atomic mass is 9.94. The number of carboxylic acids is 1. The maximum atomic E-state index is 11.8. The Labute approximate surface area is 165 Å². The molecule has 0 aliphatic carbocycles. The second-order valence-electron chi connectivity index (χ2n) is 6.78. The van der Waals surface area contributed by atoms with Crippen LogP contribution in [0.15, 0.2) is 36.4 Å². The van der Waals surface area contributed by atoms with E-state index in [2.05, 4.69) is 5.32 Å². The SMILES string of the molecule is CC.Cc1ccc(Cc2nc3c4c(ccc3c(C(=O)O)c2O)CCNC4)cc1. The summed E-state index contributed by atoms with van der Waals surface area (Å²) in [5.41, 5.74) is 5.36. The Morgan fingerprint density at radius 3 is 2.54 bits per heavy atom. The lowest BCUT2D eigenvalue weighted by molar-refractivity contribution is 0.0695. The number of benzene rings is 2. The van der Waals surface area contributed by atoms with Crippen LogP contribution in [-0.2, 0) is 19.4 Å². The Bertz CT molecular complexity index is 1010. The number of hydrogen-bond acceptors (Lipinski definition) is 4. The molecular weight excluding hydrogens is 352 g/mol. The van der Waals surface area contributed by atoms with E-state index in [-0.39, 0.29) is 11.3 Å². The van der Waals surface area contributed by atoms with Gasteiger partial charge in [-0.1, -0.05) is 55.8 Å². The molecule has 0 saturated carbocycles. The molecule has 4 rings (SSSR count). The standard InChI is InChI=1S/C21H20N2O3.C2H6/c1-12-2-4-13(5-3-12)10-17-20(24)18(21(25)26)15-7-6-14-8-9-22-11-16(14)19(15)23-17;1-2/h2-7,22,24H,8-11H2,1H3,(H,25,26);1-2H3. The van der Waals surface area contributed by atoms with Crippen molar-refractivity contribution in [3.63, 3.8) is 0 Å². The Kier molecular flexibility index (Phi) is 5.95. The van der Waals surface area contributed by atoms with E-state index in [1.54, 1.807) is 6.07 Å². The summed E-state index contributed by atoms with van der Waals surface area (Å²) in [5, 5.41) is 24.1. The highest BCUT2D eigenvalue weighted by Gasteiger charge is 2.23. The van der Waals surface area contributed by atoms with Crippen LogP contribution in [0.3, 0.4) is 0 Å². The number of aryl methyl sites for hydroxylation is 1. The molecule has 0 unspecified atom stereocenters. The number of carbonyl (C=O) groups is 1. The van der Waals surface area contributed by atoms with Crippen LogP contribution in [0.1, 0.15) is 52.2 Å². The zero-order valence-corrected chi connectivity index (χ0v) is 16.5. The van der Waals surface area contributed by atoms with Crippen molar-refractivity contribution in [2.45, 2.75) is 40.2 Å². The van der Waals surface area contributed by atoms with Crippen molar-refractivity contribution in [3.05, 3.63) is 69.9 Å². The number of nitrogens with zero attached hydrogens (tertiary/aromatic N) is 1. The smallest absolute Gasteiger partial charge is 0.340 e. The third-order valence-electron chi connectivity index (χ3n) is 4.98. The van der Waals surface area contributed by atoms with Crippen LogP contribution < -0.4 is 5.32 Å². The minimum atomic E-state index is -1.14. The van der Waals surface area contributed by atoms with Gasteiger partial charge >= 0.3 is 5.97 Å². The van der Waals surface area contributed by atoms with E-state index in [1.807, 2.05) is 51.1 Å². The van der Waals surface area contributed by atoms with Gasteiger partial charge in [0.15, 0.2) is 5.75 Å². The lowest BCUT2D eigenvalue weighted by Crippen LogP contribution is -2.24. The van der Waals surface area contributed by atoms with Crippen LogP contribution in [0.4, 0.5) is 0 Å². The quantitative estimate of drug-likeness (QED) is 0.636. The molecule has 0 saturated heterocycles. The first kappa shape index (κ1) is 19.8. The summed E-state index contributed by atoms with van der Waals surface area (Å²) in [6.07, 6.45) is 1.28. The minimum Gasteiger partial charge on any atom is -0.505 e. The molecule has 0 spiro atoms. The molecule has 2 aromatic carbocycles.